The molecule has 1 aliphatic heterocycles. The van der Waals surface area contributed by atoms with Crippen LogP contribution in [0.4, 0.5) is 0 Å². The zero-order valence-corrected chi connectivity index (χ0v) is 27.7. The molecule has 0 fully saturated rings. The predicted molar refractivity (Wildman–Crippen MR) is 179 cm³/mol. The van der Waals surface area contributed by atoms with E-state index in [0.717, 1.165) is 33.6 Å². The maximum absolute atomic E-state index is 13.3. The molecule has 0 bridgehead atoms. The minimum Gasteiger partial charge on any atom is -0.480 e. The van der Waals surface area contributed by atoms with E-state index in [-0.39, 0.29) is 12.9 Å². The molecule has 0 saturated carbocycles. The highest BCUT2D eigenvalue weighted by Gasteiger charge is 2.23. The number of thioether (sulfide) groups is 2. The summed E-state index contributed by atoms with van der Waals surface area (Å²) >= 11 is 3.40. The van der Waals surface area contributed by atoms with Gasteiger partial charge in [0.25, 0.3) is 5.91 Å². The number of carboxylic acids is 1. The van der Waals surface area contributed by atoms with Crippen LogP contribution in [0.25, 0.3) is 11.1 Å². The van der Waals surface area contributed by atoms with Crippen LogP contribution in [0.3, 0.4) is 0 Å². The molecule has 2 aromatic carbocycles. The van der Waals surface area contributed by atoms with Crippen LogP contribution in [0.2, 0.25) is 0 Å². The summed E-state index contributed by atoms with van der Waals surface area (Å²) in [6.07, 6.45) is 8.67. The number of rotatable bonds is 15. The van der Waals surface area contributed by atoms with Crippen LogP contribution in [0, 0.1) is 6.92 Å². The lowest BCUT2D eigenvalue weighted by atomic mass is 9.93. The van der Waals surface area contributed by atoms with E-state index in [9.17, 15) is 14.7 Å². The fourth-order valence-electron chi connectivity index (χ4n) is 4.15. The number of aryl methyl sites for hydroxylation is 1. The minimum atomic E-state index is -1.04. The number of benzene rings is 2. The van der Waals surface area contributed by atoms with Gasteiger partial charge in [-0.1, -0.05) is 55.5 Å². The number of ether oxygens (including phenoxy) is 3. The van der Waals surface area contributed by atoms with Crippen molar-refractivity contribution < 1.29 is 28.9 Å². The first kappa shape index (κ1) is 36.1. The van der Waals surface area contributed by atoms with Crippen LogP contribution in [0.5, 0.6) is 0 Å². The zero-order valence-electron chi connectivity index (χ0n) is 26.1. The van der Waals surface area contributed by atoms with Gasteiger partial charge < -0.3 is 24.6 Å². The number of hydrogen-bond acceptors (Lipinski definition) is 7. The van der Waals surface area contributed by atoms with Crippen molar-refractivity contribution in [3.05, 3.63) is 95.0 Å². The summed E-state index contributed by atoms with van der Waals surface area (Å²) in [7, 11) is 0. The molecule has 0 saturated heterocycles. The molecular formula is C34H45NO6S2. The lowest BCUT2D eigenvalue weighted by Crippen LogP contribution is -2.41. The second-order valence-corrected chi connectivity index (χ2v) is 12.2. The highest BCUT2D eigenvalue weighted by Crippen LogP contribution is 2.29. The van der Waals surface area contributed by atoms with E-state index < -0.39 is 17.9 Å². The quantitative estimate of drug-likeness (QED) is 0.195. The average molecular weight is 628 g/mol. The van der Waals surface area contributed by atoms with E-state index in [1.807, 2.05) is 87.3 Å². The summed E-state index contributed by atoms with van der Waals surface area (Å²) in [5.74, 6) is 1.88. The second-order valence-electron chi connectivity index (χ2n) is 10.1. The van der Waals surface area contributed by atoms with Crippen LogP contribution in [-0.2, 0) is 25.6 Å². The van der Waals surface area contributed by atoms with E-state index in [2.05, 4.69) is 25.1 Å². The van der Waals surface area contributed by atoms with Gasteiger partial charge in [-0.15, -0.1) is 0 Å². The van der Waals surface area contributed by atoms with E-state index in [1.165, 1.54) is 5.75 Å². The summed E-state index contributed by atoms with van der Waals surface area (Å²) in [5.41, 5.74) is 4.91. The molecule has 7 nitrogen and oxygen atoms in total. The van der Waals surface area contributed by atoms with Gasteiger partial charge in [0.05, 0.1) is 12.7 Å². The van der Waals surface area contributed by atoms with Crippen LogP contribution in [-0.4, -0.2) is 59.9 Å². The molecule has 43 heavy (non-hydrogen) atoms. The van der Waals surface area contributed by atoms with Gasteiger partial charge in [-0.05, 0) is 98.1 Å². The summed E-state index contributed by atoms with van der Waals surface area (Å²) in [6, 6.07) is 12.4. The molecule has 1 amide bonds. The third-order valence-corrected chi connectivity index (χ3v) is 7.88. The minimum absolute atomic E-state index is 0.0874. The Kier molecular flexibility index (Phi) is 16.1. The number of allylic oxidation sites excluding steroid dienone is 3. The van der Waals surface area contributed by atoms with Gasteiger partial charge in [-0.3, -0.25) is 4.79 Å². The Bertz CT molecular complexity index is 1290. The third kappa shape index (κ3) is 12.2. The topological polar surface area (TPSA) is 94.1 Å². The van der Waals surface area contributed by atoms with Crippen LogP contribution in [0.15, 0.2) is 78.3 Å². The third-order valence-electron chi connectivity index (χ3n) is 6.66. The van der Waals surface area contributed by atoms with Gasteiger partial charge in [0, 0.05) is 5.56 Å². The Hall–Kier alpha value is -3.14. The van der Waals surface area contributed by atoms with Crippen LogP contribution < -0.4 is 5.32 Å². The summed E-state index contributed by atoms with van der Waals surface area (Å²) in [6.45, 7) is 12.7. The SMILES string of the molecule is C=C(/C=C\C1=C(C)OCO1)CC(C)OCc1ccc(C(=O)NC(CCSC)C(=O)O)c(-c2ccccc2C)c1.CCSC. The van der Waals surface area contributed by atoms with Gasteiger partial charge in [0.1, 0.15) is 11.8 Å². The molecule has 3 rings (SSSR count). The number of carbonyl (C=O) groups excluding carboxylic acids is 1. The number of aliphatic carboxylic acids is 1. The average Bonchev–Trinajstić information content (AvgIpc) is 3.41. The smallest absolute Gasteiger partial charge is 0.326 e. The monoisotopic (exact) mass is 627 g/mol. The number of amides is 1. The van der Waals surface area contributed by atoms with E-state index in [0.29, 0.717) is 36.5 Å². The zero-order chi connectivity index (χ0) is 31.8. The molecule has 0 aliphatic carbocycles. The standard InChI is InChI=1S/C31H37NO6S.C3H8S/c1-20(10-13-29-23(4)37-19-38-29)16-22(3)36-18-24-11-12-26(27(17-24)25-9-7-6-8-21(25)2)30(33)32-28(31(34)35)14-15-39-5;1-3-4-2/h6-13,17,22,28H,1,14-16,18-19H2,2-5H3,(H,32,33)(H,34,35);3H2,1-2H3/b13-10-;. The molecule has 1 aliphatic rings. The van der Waals surface area contributed by atoms with E-state index >= 15 is 0 Å². The molecule has 2 atom stereocenters. The first-order chi connectivity index (χ1) is 20.6. The normalized spacial score (nSPS) is 13.9. The molecule has 0 aromatic heterocycles. The molecule has 0 radical (unpaired) electrons. The number of nitrogens with one attached hydrogen (secondary N) is 1. The van der Waals surface area contributed by atoms with Crippen molar-refractivity contribution in [1.29, 1.82) is 0 Å². The fourth-order valence-corrected chi connectivity index (χ4v) is 4.63. The lowest BCUT2D eigenvalue weighted by Gasteiger charge is -2.18. The number of carbonyl (C=O) groups is 2. The van der Waals surface area contributed by atoms with Crippen molar-refractivity contribution >= 4 is 35.4 Å². The molecule has 1 heterocycles. The van der Waals surface area contributed by atoms with Gasteiger partial charge in [-0.2, -0.15) is 23.5 Å². The highest BCUT2D eigenvalue weighted by atomic mass is 32.2. The molecule has 2 unspecified atom stereocenters. The van der Waals surface area contributed by atoms with Crippen LogP contribution in [0.1, 0.15) is 55.1 Å². The van der Waals surface area contributed by atoms with Crippen LogP contribution >= 0.6 is 23.5 Å². The molecule has 0 spiro atoms. The fraction of sp³-hybridized carbons (Fsp3) is 0.412. The van der Waals surface area contributed by atoms with Gasteiger partial charge in [-0.25, -0.2) is 4.79 Å². The largest absolute Gasteiger partial charge is 0.480 e. The Labute approximate surface area is 265 Å². The number of hydrogen-bond donors (Lipinski definition) is 2. The number of carboxylic acid groups (broad SMARTS) is 1. The van der Waals surface area contributed by atoms with Crippen molar-refractivity contribution in [2.45, 2.75) is 59.3 Å². The van der Waals surface area contributed by atoms with Gasteiger partial charge in [0.15, 0.2) is 5.76 Å². The molecule has 9 heteroatoms. The van der Waals surface area contributed by atoms with Gasteiger partial charge in [0.2, 0.25) is 6.79 Å². The molecule has 2 aromatic rings. The Balaban J connectivity index is 0.00000151. The first-order valence-electron chi connectivity index (χ1n) is 14.3. The van der Waals surface area contributed by atoms with E-state index in [1.54, 1.807) is 17.8 Å². The van der Waals surface area contributed by atoms with Crippen molar-refractivity contribution in [1.82, 2.24) is 5.32 Å². The first-order valence-corrected chi connectivity index (χ1v) is 17.0. The Morgan fingerprint density at radius 1 is 1.12 bits per heavy atom. The molecule has 2 N–H and O–H groups in total. The summed E-state index contributed by atoms with van der Waals surface area (Å²) in [5, 5.41) is 12.3. The highest BCUT2D eigenvalue weighted by molar-refractivity contribution is 7.98. The summed E-state index contributed by atoms with van der Waals surface area (Å²) < 4.78 is 16.8. The maximum atomic E-state index is 13.3. The van der Waals surface area contributed by atoms with Crippen molar-refractivity contribution in [2.24, 2.45) is 0 Å². The summed E-state index contributed by atoms with van der Waals surface area (Å²) in [4.78, 5) is 25.0. The van der Waals surface area contributed by atoms with E-state index in [4.69, 9.17) is 14.2 Å². The Morgan fingerprint density at radius 2 is 1.84 bits per heavy atom. The molecule has 234 valence electrons. The van der Waals surface area contributed by atoms with Gasteiger partial charge >= 0.3 is 5.97 Å². The van der Waals surface area contributed by atoms with Crippen molar-refractivity contribution in [2.75, 3.05) is 30.8 Å². The second kappa shape index (κ2) is 19.2. The molecular weight excluding hydrogens is 583 g/mol. The van der Waals surface area contributed by atoms with Crippen molar-refractivity contribution in [3.8, 4) is 11.1 Å². The predicted octanol–water partition coefficient (Wildman–Crippen LogP) is 7.61. The van der Waals surface area contributed by atoms with Crippen molar-refractivity contribution in [3.63, 3.8) is 0 Å². The maximum Gasteiger partial charge on any atom is 0.326 e. The Morgan fingerprint density at radius 3 is 2.44 bits per heavy atom. The lowest BCUT2D eigenvalue weighted by molar-refractivity contribution is -0.139.